The molecule has 0 aliphatic heterocycles. The zero-order valence-corrected chi connectivity index (χ0v) is 14.9. The van der Waals surface area contributed by atoms with Gasteiger partial charge in [-0.05, 0) is 52.3 Å². The number of halogens is 3. The Bertz CT molecular complexity index is 619. The molecule has 2 N–H and O–H groups in total. The van der Waals surface area contributed by atoms with E-state index in [2.05, 4.69) is 42.8 Å². The lowest BCUT2D eigenvalue weighted by atomic mass is 10.0. The van der Waals surface area contributed by atoms with Crippen molar-refractivity contribution in [3.63, 3.8) is 0 Å². The van der Waals surface area contributed by atoms with Gasteiger partial charge in [-0.25, -0.2) is 4.39 Å². The fourth-order valence-corrected chi connectivity index (χ4v) is 3.10. The molecule has 5 heteroatoms. The summed E-state index contributed by atoms with van der Waals surface area (Å²) in [5.74, 6) is -0.261. The predicted molar refractivity (Wildman–Crippen MR) is 91.5 cm³/mol. The Labute approximate surface area is 141 Å². The Hall–Kier alpha value is -0.750. The van der Waals surface area contributed by atoms with Gasteiger partial charge in [0, 0.05) is 23.6 Å². The maximum absolute atomic E-state index is 13.4. The molecule has 0 aliphatic carbocycles. The topological polar surface area (TPSA) is 29.3 Å². The first-order valence-corrected chi connectivity index (χ1v) is 8.20. The van der Waals surface area contributed by atoms with Crippen molar-refractivity contribution in [2.45, 2.75) is 12.6 Å². The van der Waals surface area contributed by atoms with E-state index in [4.69, 9.17) is 5.73 Å². The first kappa shape index (κ1) is 16.6. The second kappa shape index (κ2) is 7.49. The van der Waals surface area contributed by atoms with Crippen molar-refractivity contribution in [3.8, 4) is 0 Å². The van der Waals surface area contributed by atoms with Gasteiger partial charge in [-0.3, -0.25) is 4.90 Å². The summed E-state index contributed by atoms with van der Waals surface area (Å²) in [6.07, 6.45) is 0. The molecule has 0 spiro atoms. The van der Waals surface area contributed by atoms with Crippen LogP contribution in [-0.2, 0) is 6.54 Å². The monoisotopic (exact) mass is 414 g/mol. The quantitative estimate of drug-likeness (QED) is 0.779. The van der Waals surface area contributed by atoms with Crippen LogP contribution in [-0.4, -0.2) is 18.5 Å². The number of nitrogens with zero attached hydrogens (tertiary/aromatic N) is 1. The van der Waals surface area contributed by atoms with Gasteiger partial charge in [0.1, 0.15) is 5.82 Å². The molecule has 0 bridgehead atoms. The molecule has 0 aromatic heterocycles. The average Bonchev–Trinajstić information content (AvgIpc) is 2.46. The molecule has 0 aliphatic rings. The van der Waals surface area contributed by atoms with Crippen molar-refractivity contribution < 1.29 is 4.39 Å². The van der Waals surface area contributed by atoms with E-state index in [9.17, 15) is 4.39 Å². The lowest BCUT2D eigenvalue weighted by Crippen LogP contribution is -2.30. The highest BCUT2D eigenvalue weighted by molar-refractivity contribution is 9.10. The number of nitrogens with two attached hydrogens (primary N) is 1. The highest BCUT2D eigenvalue weighted by atomic mass is 79.9. The van der Waals surface area contributed by atoms with E-state index >= 15 is 0 Å². The summed E-state index contributed by atoms with van der Waals surface area (Å²) in [7, 11) is 2.02. The molecule has 0 fully saturated rings. The van der Waals surface area contributed by atoms with Crippen molar-refractivity contribution in [2.75, 3.05) is 13.6 Å². The summed E-state index contributed by atoms with van der Waals surface area (Å²) >= 11 is 6.79. The van der Waals surface area contributed by atoms with Gasteiger partial charge in [0.15, 0.2) is 0 Å². The first-order valence-electron chi connectivity index (χ1n) is 6.61. The number of hydrogen-bond acceptors (Lipinski definition) is 2. The summed E-state index contributed by atoms with van der Waals surface area (Å²) in [6, 6.07) is 13.2. The minimum atomic E-state index is -0.261. The highest BCUT2D eigenvalue weighted by Gasteiger charge is 2.17. The molecule has 2 rings (SSSR count). The van der Waals surface area contributed by atoms with E-state index in [0.717, 1.165) is 16.6 Å². The Balaban J connectivity index is 2.20. The van der Waals surface area contributed by atoms with E-state index < -0.39 is 0 Å². The largest absolute Gasteiger partial charge is 0.329 e. The maximum Gasteiger partial charge on any atom is 0.137 e. The molecule has 0 heterocycles. The maximum atomic E-state index is 13.4. The second-order valence-corrected chi connectivity index (χ2v) is 6.64. The van der Waals surface area contributed by atoms with Gasteiger partial charge in [-0.1, -0.05) is 40.2 Å². The zero-order chi connectivity index (χ0) is 15.4. The molecule has 2 nitrogen and oxygen atoms in total. The van der Waals surface area contributed by atoms with Crippen LogP contribution in [0.15, 0.2) is 51.4 Å². The molecular weight excluding hydrogens is 399 g/mol. The Morgan fingerprint density at radius 2 is 1.86 bits per heavy atom. The Morgan fingerprint density at radius 3 is 2.48 bits per heavy atom. The van der Waals surface area contributed by atoms with Crippen LogP contribution in [0.4, 0.5) is 4.39 Å². The average molecular weight is 416 g/mol. The lowest BCUT2D eigenvalue weighted by molar-refractivity contribution is 0.241. The van der Waals surface area contributed by atoms with Gasteiger partial charge < -0.3 is 5.73 Å². The smallest absolute Gasteiger partial charge is 0.137 e. The van der Waals surface area contributed by atoms with Crippen LogP contribution >= 0.6 is 31.9 Å². The van der Waals surface area contributed by atoms with E-state index in [1.165, 1.54) is 11.6 Å². The standard InChI is InChI=1S/C16H17Br2FN2/c1-21(10-12-4-2-3-5-13(12)17)16(9-20)11-6-7-15(19)14(18)8-11/h2-8,16H,9-10,20H2,1H3. The highest BCUT2D eigenvalue weighted by Crippen LogP contribution is 2.26. The first-order chi connectivity index (χ1) is 10.0. The minimum Gasteiger partial charge on any atom is -0.329 e. The van der Waals surface area contributed by atoms with Crippen LogP contribution in [0.3, 0.4) is 0 Å². The van der Waals surface area contributed by atoms with Crippen LogP contribution in [0.25, 0.3) is 0 Å². The SMILES string of the molecule is CN(Cc1ccccc1Br)C(CN)c1ccc(F)c(Br)c1. The van der Waals surface area contributed by atoms with Gasteiger partial charge in [0.25, 0.3) is 0 Å². The normalized spacial score (nSPS) is 12.7. The Kier molecular flexibility index (Phi) is 5.93. The molecule has 1 atom stereocenters. The van der Waals surface area contributed by atoms with E-state index in [1.807, 2.05) is 25.2 Å². The lowest BCUT2D eigenvalue weighted by Gasteiger charge is -2.28. The third kappa shape index (κ3) is 4.13. The summed E-state index contributed by atoms with van der Waals surface area (Å²) in [5.41, 5.74) is 8.12. The molecule has 2 aromatic rings. The number of likely N-dealkylation sites (N-methyl/N-ethyl adjacent to an activating group) is 1. The van der Waals surface area contributed by atoms with Gasteiger partial charge >= 0.3 is 0 Å². The van der Waals surface area contributed by atoms with Gasteiger partial charge in [0.2, 0.25) is 0 Å². The summed E-state index contributed by atoms with van der Waals surface area (Å²) in [6.45, 7) is 1.23. The summed E-state index contributed by atoms with van der Waals surface area (Å²) in [4.78, 5) is 2.17. The second-order valence-electron chi connectivity index (χ2n) is 4.93. The van der Waals surface area contributed by atoms with Crippen molar-refractivity contribution in [1.29, 1.82) is 0 Å². The predicted octanol–water partition coefficient (Wildman–Crippen LogP) is 4.48. The fourth-order valence-electron chi connectivity index (χ4n) is 2.30. The number of benzene rings is 2. The number of rotatable bonds is 5. The molecule has 0 saturated carbocycles. The van der Waals surface area contributed by atoms with Crippen molar-refractivity contribution in [3.05, 3.63) is 68.4 Å². The molecule has 112 valence electrons. The van der Waals surface area contributed by atoms with Crippen molar-refractivity contribution in [2.24, 2.45) is 5.73 Å². The van der Waals surface area contributed by atoms with E-state index in [1.54, 1.807) is 12.1 Å². The fraction of sp³-hybridized carbons (Fsp3) is 0.250. The molecule has 0 radical (unpaired) electrons. The van der Waals surface area contributed by atoms with Crippen LogP contribution in [0.5, 0.6) is 0 Å². The van der Waals surface area contributed by atoms with Crippen LogP contribution in [0.2, 0.25) is 0 Å². The third-order valence-corrected chi connectivity index (χ3v) is 4.84. The van der Waals surface area contributed by atoms with Crippen molar-refractivity contribution >= 4 is 31.9 Å². The van der Waals surface area contributed by atoms with Crippen LogP contribution < -0.4 is 5.73 Å². The van der Waals surface area contributed by atoms with E-state index in [-0.39, 0.29) is 11.9 Å². The molecular formula is C16H17Br2FN2. The molecule has 21 heavy (non-hydrogen) atoms. The zero-order valence-electron chi connectivity index (χ0n) is 11.7. The molecule has 2 aromatic carbocycles. The number of hydrogen-bond donors (Lipinski definition) is 1. The van der Waals surface area contributed by atoms with Crippen LogP contribution in [0.1, 0.15) is 17.2 Å². The van der Waals surface area contributed by atoms with Crippen LogP contribution in [0, 0.1) is 5.82 Å². The Morgan fingerprint density at radius 1 is 1.14 bits per heavy atom. The van der Waals surface area contributed by atoms with Gasteiger partial charge in [0.05, 0.1) is 4.47 Å². The molecule has 0 amide bonds. The minimum absolute atomic E-state index is 0.0361. The third-order valence-electron chi connectivity index (χ3n) is 3.46. The van der Waals surface area contributed by atoms with Gasteiger partial charge in [-0.15, -0.1) is 0 Å². The van der Waals surface area contributed by atoms with Gasteiger partial charge in [-0.2, -0.15) is 0 Å². The van der Waals surface area contributed by atoms with Crippen molar-refractivity contribution in [1.82, 2.24) is 4.90 Å². The summed E-state index contributed by atoms with van der Waals surface area (Å²) < 4.78 is 14.9. The molecule has 0 saturated heterocycles. The summed E-state index contributed by atoms with van der Waals surface area (Å²) in [5, 5.41) is 0. The molecule has 1 unspecified atom stereocenters. The van der Waals surface area contributed by atoms with E-state index in [0.29, 0.717) is 11.0 Å².